The molecule has 1 amide bonds. The van der Waals surface area contributed by atoms with Gasteiger partial charge in [0.15, 0.2) is 11.5 Å². The molecule has 1 aliphatic rings. The van der Waals surface area contributed by atoms with Crippen LogP contribution in [0.4, 0.5) is 5.69 Å². The lowest BCUT2D eigenvalue weighted by molar-refractivity contribution is -0.132. The normalized spacial score (nSPS) is 16.6. The lowest BCUT2D eigenvalue weighted by atomic mass is 9.94. The maximum absolute atomic E-state index is 13.4. The second kappa shape index (κ2) is 10.8. The number of phenolic OH excluding ortho intramolecular Hbond substituents is 1. The molecule has 8 nitrogen and oxygen atoms in total. The number of rotatable bonds is 8. The van der Waals surface area contributed by atoms with Gasteiger partial charge in [-0.25, -0.2) is 0 Å². The maximum atomic E-state index is 13.4. The Bertz CT molecular complexity index is 1370. The molecule has 0 saturated carbocycles. The van der Waals surface area contributed by atoms with E-state index in [1.807, 2.05) is 6.92 Å². The molecule has 0 bridgehead atoms. The monoisotopic (exact) mass is 523 g/mol. The first-order valence-electron chi connectivity index (χ1n) is 11.6. The Hall–Kier alpha value is -4.17. The van der Waals surface area contributed by atoms with Crippen LogP contribution in [0.25, 0.3) is 5.76 Å². The van der Waals surface area contributed by atoms with Crippen molar-refractivity contribution in [3.8, 4) is 23.0 Å². The molecule has 1 atom stereocenters. The number of Topliss-reactive ketones (excluding diaryl/α,β-unsaturated/α-hetero) is 1. The van der Waals surface area contributed by atoms with Crippen LogP contribution in [0.1, 0.15) is 31.0 Å². The molecule has 1 heterocycles. The average molecular weight is 524 g/mol. The van der Waals surface area contributed by atoms with Crippen molar-refractivity contribution < 1.29 is 34.0 Å². The van der Waals surface area contributed by atoms with Crippen LogP contribution in [0.15, 0.2) is 66.2 Å². The zero-order valence-corrected chi connectivity index (χ0v) is 21.3. The predicted molar refractivity (Wildman–Crippen MR) is 140 cm³/mol. The number of ether oxygens (including phenoxy) is 3. The fraction of sp³-hybridized carbons (Fsp3) is 0.214. The van der Waals surface area contributed by atoms with Crippen LogP contribution >= 0.6 is 11.6 Å². The number of aliphatic hydroxyl groups excluding tert-OH is 1. The molecule has 1 aliphatic heterocycles. The molecule has 0 spiro atoms. The minimum atomic E-state index is -1.01. The molecule has 2 N–H and O–H groups in total. The highest BCUT2D eigenvalue weighted by atomic mass is 35.5. The van der Waals surface area contributed by atoms with Gasteiger partial charge in [0.05, 0.1) is 37.0 Å². The molecule has 3 aromatic rings. The first-order chi connectivity index (χ1) is 17.8. The Morgan fingerprint density at radius 3 is 2.30 bits per heavy atom. The van der Waals surface area contributed by atoms with E-state index in [2.05, 4.69) is 0 Å². The molecule has 1 unspecified atom stereocenters. The number of phenols is 1. The van der Waals surface area contributed by atoms with Crippen molar-refractivity contribution in [1.82, 2.24) is 0 Å². The van der Waals surface area contributed by atoms with Gasteiger partial charge < -0.3 is 24.4 Å². The summed E-state index contributed by atoms with van der Waals surface area (Å²) in [7, 11) is 1.43. The summed E-state index contributed by atoms with van der Waals surface area (Å²) >= 11 is 6.14. The minimum Gasteiger partial charge on any atom is -0.507 e. The van der Waals surface area contributed by atoms with Crippen molar-refractivity contribution in [2.45, 2.75) is 19.9 Å². The highest BCUT2D eigenvalue weighted by Crippen LogP contribution is 2.44. The number of hydrogen-bond donors (Lipinski definition) is 2. The van der Waals surface area contributed by atoms with Gasteiger partial charge in [0, 0.05) is 11.3 Å². The largest absolute Gasteiger partial charge is 0.507 e. The zero-order chi connectivity index (χ0) is 26.7. The van der Waals surface area contributed by atoms with Crippen molar-refractivity contribution in [3.63, 3.8) is 0 Å². The summed E-state index contributed by atoms with van der Waals surface area (Å²) in [5.74, 6) is -1.07. The van der Waals surface area contributed by atoms with Gasteiger partial charge in [-0.05, 0) is 74.0 Å². The first kappa shape index (κ1) is 25.9. The van der Waals surface area contributed by atoms with Gasteiger partial charge in [0.25, 0.3) is 11.7 Å². The summed E-state index contributed by atoms with van der Waals surface area (Å²) in [4.78, 5) is 28.1. The molecule has 37 heavy (non-hydrogen) atoms. The van der Waals surface area contributed by atoms with Crippen molar-refractivity contribution in [2.75, 3.05) is 25.2 Å². The number of carbonyl (C=O) groups excluding carboxylic acids is 2. The van der Waals surface area contributed by atoms with E-state index in [0.717, 1.165) is 0 Å². The second-order valence-corrected chi connectivity index (χ2v) is 8.51. The molecule has 4 rings (SSSR count). The van der Waals surface area contributed by atoms with Gasteiger partial charge in [-0.3, -0.25) is 14.5 Å². The summed E-state index contributed by atoms with van der Waals surface area (Å²) in [5, 5.41) is 21.9. The molecule has 0 aliphatic carbocycles. The molecule has 0 radical (unpaired) electrons. The third-order valence-electron chi connectivity index (χ3n) is 5.89. The molecular formula is C28H26ClNO7. The van der Waals surface area contributed by atoms with Crippen LogP contribution in [0.5, 0.6) is 23.0 Å². The highest BCUT2D eigenvalue weighted by Gasteiger charge is 2.47. The van der Waals surface area contributed by atoms with Crippen LogP contribution in [0.3, 0.4) is 0 Å². The Balaban J connectivity index is 1.93. The Kier molecular flexibility index (Phi) is 7.59. The number of halogens is 1. The van der Waals surface area contributed by atoms with E-state index in [1.54, 1.807) is 43.3 Å². The smallest absolute Gasteiger partial charge is 0.300 e. The van der Waals surface area contributed by atoms with E-state index in [9.17, 15) is 19.8 Å². The Morgan fingerprint density at radius 1 is 0.946 bits per heavy atom. The number of benzene rings is 3. The van der Waals surface area contributed by atoms with Crippen molar-refractivity contribution in [3.05, 3.63) is 82.4 Å². The number of hydrogen-bond acceptors (Lipinski definition) is 7. The molecule has 1 fully saturated rings. The Labute approximate surface area is 219 Å². The van der Waals surface area contributed by atoms with Crippen LogP contribution in [-0.4, -0.2) is 42.2 Å². The lowest BCUT2D eigenvalue weighted by Crippen LogP contribution is -2.29. The number of ketones is 1. The number of carbonyl (C=O) groups is 2. The van der Waals surface area contributed by atoms with Crippen LogP contribution in [0, 0.1) is 0 Å². The summed E-state index contributed by atoms with van der Waals surface area (Å²) in [6.45, 7) is 4.40. The highest BCUT2D eigenvalue weighted by molar-refractivity contribution is 6.51. The predicted octanol–water partition coefficient (Wildman–Crippen LogP) is 5.48. The van der Waals surface area contributed by atoms with Gasteiger partial charge in [0.2, 0.25) is 0 Å². The van der Waals surface area contributed by atoms with E-state index in [0.29, 0.717) is 41.0 Å². The lowest BCUT2D eigenvalue weighted by Gasteiger charge is -2.26. The SMILES string of the molecule is CCOc1ccc(N2C(=O)C(=O)/C(=C(\O)c3ccc(Cl)c(OC)c3)C2c2ccc(O)c(OCC)c2)cc1. The van der Waals surface area contributed by atoms with Crippen molar-refractivity contribution >= 4 is 34.7 Å². The summed E-state index contributed by atoms with van der Waals surface area (Å²) < 4.78 is 16.3. The molecular weight excluding hydrogens is 498 g/mol. The number of aromatic hydroxyl groups is 1. The van der Waals surface area contributed by atoms with E-state index in [4.69, 9.17) is 25.8 Å². The molecule has 0 aromatic heterocycles. The van der Waals surface area contributed by atoms with E-state index in [-0.39, 0.29) is 22.6 Å². The van der Waals surface area contributed by atoms with E-state index in [1.165, 1.54) is 36.3 Å². The van der Waals surface area contributed by atoms with E-state index < -0.39 is 23.5 Å². The number of amides is 1. The zero-order valence-electron chi connectivity index (χ0n) is 20.5. The standard InChI is InChI=1S/C28H26ClNO7/c1-4-36-19-10-8-18(9-11-19)30-25(16-7-13-21(31)23(14-16)37-5-2)24(27(33)28(30)34)26(32)17-6-12-20(29)22(15-17)35-3/h6-15,25,31-32H,4-5H2,1-3H3/b26-24-. The fourth-order valence-electron chi connectivity index (χ4n) is 4.22. The topological polar surface area (TPSA) is 106 Å². The van der Waals surface area contributed by atoms with Crippen molar-refractivity contribution in [2.24, 2.45) is 0 Å². The number of methoxy groups -OCH3 is 1. The molecule has 9 heteroatoms. The molecule has 192 valence electrons. The number of anilines is 1. The van der Waals surface area contributed by atoms with Gasteiger partial charge in [0.1, 0.15) is 17.3 Å². The third kappa shape index (κ3) is 4.93. The van der Waals surface area contributed by atoms with Crippen LogP contribution in [-0.2, 0) is 9.59 Å². The number of aliphatic hydroxyl groups is 1. The third-order valence-corrected chi connectivity index (χ3v) is 6.21. The molecule has 1 saturated heterocycles. The second-order valence-electron chi connectivity index (χ2n) is 8.11. The maximum Gasteiger partial charge on any atom is 0.300 e. The van der Waals surface area contributed by atoms with Gasteiger partial charge in [-0.1, -0.05) is 17.7 Å². The Morgan fingerprint density at radius 2 is 1.65 bits per heavy atom. The van der Waals surface area contributed by atoms with Crippen LogP contribution in [0.2, 0.25) is 5.02 Å². The first-order valence-corrected chi connectivity index (χ1v) is 12.0. The number of nitrogens with zero attached hydrogens (tertiary/aromatic N) is 1. The summed E-state index contributed by atoms with van der Waals surface area (Å²) in [5.41, 5.74) is 1.00. The van der Waals surface area contributed by atoms with Gasteiger partial charge in [-0.15, -0.1) is 0 Å². The van der Waals surface area contributed by atoms with Gasteiger partial charge in [-0.2, -0.15) is 0 Å². The minimum absolute atomic E-state index is 0.0916. The molecule has 3 aromatic carbocycles. The summed E-state index contributed by atoms with van der Waals surface area (Å²) in [6.07, 6.45) is 0. The van der Waals surface area contributed by atoms with Crippen molar-refractivity contribution in [1.29, 1.82) is 0 Å². The van der Waals surface area contributed by atoms with Crippen LogP contribution < -0.4 is 19.1 Å². The summed E-state index contributed by atoms with van der Waals surface area (Å²) in [6, 6.07) is 14.8. The quantitative estimate of drug-likeness (QED) is 0.229. The average Bonchev–Trinajstić information content (AvgIpc) is 3.16. The van der Waals surface area contributed by atoms with E-state index >= 15 is 0 Å². The fourth-order valence-corrected chi connectivity index (χ4v) is 4.41. The van der Waals surface area contributed by atoms with Gasteiger partial charge >= 0.3 is 0 Å².